The Bertz CT molecular complexity index is 402. The number of amidine groups is 1. The fourth-order valence-corrected chi connectivity index (χ4v) is 1.48. The van der Waals surface area contributed by atoms with E-state index in [1.165, 1.54) is 13.8 Å². The summed E-state index contributed by atoms with van der Waals surface area (Å²) in [5.41, 5.74) is 4.19. The number of hydrogen-bond donors (Lipinski definition) is 4. The molecule has 0 radical (unpaired) electrons. The fraction of sp³-hybridized carbons (Fsp3) is 0.750. The number of carbonyl (C=O) groups excluding carboxylic acids is 1. The molecule has 1 amide bonds. The topological polar surface area (TPSA) is 148 Å². The van der Waals surface area contributed by atoms with Crippen LogP contribution in [0.15, 0.2) is 5.16 Å². The maximum Gasteiger partial charge on any atom is 0.233 e. The van der Waals surface area contributed by atoms with Crippen LogP contribution in [-0.4, -0.2) is 37.7 Å². The lowest BCUT2D eigenvalue weighted by atomic mass is 9.91. The van der Waals surface area contributed by atoms with Crippen LogP contribution < -0.4 is 16.2 Å². The van der Waals surface area contributed by atoms with Crippen molar-refractivity contribution in [3.8, 4) is 0 Å². The lowest BCUT2D eigenvalue weighted by Crippen LogP contribution is -2.46. The van der Waals surface area contributed by atoms with Gasteiger partial charge >= 0.3 is 0 Å². The number of nitrogens with zero attached hydrogens (tertiary/aromatic N) is 1. The van der Waals surface area contributed by atoms with Gasteiger partial charge in [-0.15, -0.1) is 0 Å². The molecule has 100 valence electrons. The first-order valence-corrected chi connectivity index (χ1v) is 6.59. The van der Waals surface area contributed by atoms with Crippen LogP contribution in [0.3, 0.4) is 0 Å². The minimum Gasteiger partial charge on any atom is -0.409 e. The standard InChI is InChI=1S/C8H18N4O4S/c1-8(2,6(9)12-14)7(13)11-4-3-5-17(10,15)16/h14H,3-5H2,1-2H3,(H2,9,12)(H,11,13)(H2,10,15,16). The normalized spacial score (nSPS) is 13.5. The Balaban J connectivity index is 4.20. The Morgan fingerprint density at radius 1 is 1.47 bits per heavy atom. The van der Waals surface area contributed by atoms with Crippen LogP contribution in [0.1, 0.15) is 20.3 Å². The van der Waals surface area contributed by atoms with Gasteiger partial charge < -0.3 is 16.3 Å². The molecule has 6 N–H and O–H groups in total. The Kier molecular flexibility index (Phi) is 5.36. The molecule has 9 heteroatoms. The van der Waals surface area contributed by atoms with Gasteiger partial charge in [-0.05, 0) is 20.3 Å². The molecular formula is C8H18N4O4S. The van der Waals surface area contributed by atoms with Crippen molar-refractivity contribution in [2.24, 2.45) is 21.4 Å². The first-order chi connectivity index (χ1) is 7.61. The number of nitrogens with two attached hydrogens (primary N) is 2. The summed E-state index contributed by atoms with van der Waals surface area (Å²) < 4.78 is 21.2. The van der Waals surface area contributed by atoms with Crippen LogP contribution in [0.2, 0.25) is 0 Å². The molecule has 0 aliphatic rings. The zero-order valence-corrected chi connectivity index (χ0v) is 10.6. The predicted octanol–water partition coefficient (Wildman–Crippen LogP) is -1.45. The lowest BCUT2D eigenvalue weighted by Gasteiger charge is -2.21. The summed E-state index contributed by atoms with van der Waals surface area (Å²) in [6.07, 6.45) is 0.205. The minimum absolute atomic E-state index is 0.150. The molecular weight excluding hydrogens is 248 g/mol. The Labute approximate surface area is 100 Å². The number of amides is 1. The summed E-state index contributed by atoms with van der Waals surface area (Å²) in [6, 6.07) is 0. The maximum absolute atomic E-state index is 11.6. The second-order valence-electron chi connectivity index (χ2n) is 4.09. The number of nitrogens with one attached hydrogen (secondary N) is 1. The van der Waals surface area contributed by atoms with Crippen molar-refractivity contribution in [2.45, 2.75) is 20.3 Å². The molecule has 0 saturated heterocycles. The quantitative estimate of drug-likeness (QED) is 0.153. The highest BCUT2D eigenvalue weighted by Gasteiger charge is 2.32. The zero-order chi connectivity index (χ0) is 13.7. The number of rotatable bonds is 6. The highest BCUT2D eigenvalue weighted by atomic mass is 32.2. The summed E-state index contributed by atoms with van der Waals surface area (Å²) in [4.78, 5) is 11.6. The number of hydrogen-bond acceptors (Lipinski definition) is 5. The third kappa shape index (κ3) is 5.50. The van der Waals surface area contributed by atoms with Gasteiger partial charge in [0, 0.05) is 6.54 Å². The van der Waals surface area contributed by atoms with Gasteiger partial charge in [0.05, 0.1) is 5.75 Å². The van der Waals surface area contributed by atoms with E-state index in [2.05, 4.69) is 10.5 Å². The molecule has 0 aromatic heterocycles. The van der Waals surface area contributed by atoms with Crippen LogP contribution in [0.5, 0.6) is 0 Å². The third-order valence-electron chi connectivity index (χ3n) is 2.21. The van der Waals surface area contributed by atoms with E-state index in [0.717, 1.165) is 0 Å². The van der Waals surface area contributed by atoms with Crippen molar-refractivity contribution < 1.29 is 18.4 Å². The molecule has 8 nitrogen and oxygen atoms in total. The van der Waals surface area contributed by atoms with Crippen LogP contribution in [0.4, 0.5) is 0 Å². The molecule has 0 rings (SSSR count). The monoisotopic (exact) mass is 266 g/mol. The molecule has 0 heterocycles. The highest BCUT2D eigenvalue weighted by molar-refractivity contribution is 7.89. The maximum atomic E-state index is 11.6. The van der Waals surface area contributed by atoms with Crippen LogP contribution >= 0.6 is 0 Å². The summed E-state index contributed by atoms with van der Waals surface area (Å²) in [6.45, 7) is 3.12. The van der Waals surface area contributed by atoms with Gasteiger partial charge in [0.15, 0.2) is 5.84 Å². The van der Waals surface area contributed by atoms with E-state index >= 15 is 0 Å². The van der Waals surface area contributed by atoms with Crippen LogP contribution in [0.25, 0.3) is 0 Å². The molecule has 0 atom stereocenters. The van der Waals surface area contributed by atoms with E-state index in [4.69, 9.17) is 16.1 Å². The van der Waals surface area contributed by atoms with Gasteiger partial charge in [-0.1, -0.05) is 5.16 Å². The number of oxime groups is 1. The second-order valence-corrected chi connectivity index (χ2v) is 5.82. The van der Waals surface area contributed by atoms with Crippen LogP contribution in [-0.2, 0) is 14.8 Å². The average molecular weight is 266 g/mol. The molecule has 0 aliphatic heterocycles. The minimum atomic E-state index is -3.52. The number of carbonyl (C=O) groups is 1. The van der Waals surface area contributed by atoms with Crippen molar-refractivity contribution in [1.82, 2.24) is 5.32 Å². The second kappa shape index (κ2) is 5.82. The van der Waals surface area contributed by atoms with Crippen molar-refractivity contribution in [3.05, 3.63) is 0 Å². The average Bonchev–Trinajstić information content (AvgIpc) is 2.21. The van der Waals surface area contributed by atoms with E-state index < -0.39 is 21.3 Å². The smallest absolute Gasteiger partial charge is 0.233 e. The molecule has 0 aromatic rings. The fourth-order valence-electron chi connectivity index (χ4n) is 0.938. The molecule has 17 heavy (non-hydrogen) atoms. The van der Waals surface area contributed by atoms with Crippen molar-refractivity contribution in [1.29, 1.82) is 0 Å². The predicted molar refractivity (Wildman–Crippen MR) is 62.8 cm³/mol. The van der Waals surface area contributed by atoms with E-state index in [1.807, 2.05) is 0 Å². The molecule has 0 aromatic carbocycles. The number of sulfonamides is 1. The highest BCUT2D eigenvalue weighted by Crippen LogP contribution is 2.14. The number of primary sulfonamides is 1. The summed E-state index contributed by atoms with van der Waals surface area (Å²) in [5.74, 6) is -0.888. The first kappa shape index (κ1) is 15.7. The van der Waals surface area contributed by atoms with Gasteiger partial charge in [-0.2, -0.15) is 0 Å². The first-order valence-electron chi connectivity index (χ1n) is 4.88. The Hall–Kier alpha value is -1.35. The van der Waals surface area contributed by atoms with E-state index in [-0.39, 0.29) is 24.6 Å². The Morgan fingerprint density at radius 3 is 2.41 bits per heavy atom. The summed E-state index contributed by atoms with van der Waals surface area (Å²) in [7, 11) is -3.52. The van der Waals surface area contributed by atoms with Gasteiger partial charge in [-0.25, -0.2) is 13.6 Å². The van der Waals surface area contributed by atoms with Gasteiger partial charge in [0.1, 0.15) is 5.41 Å². The van der Waals surface area contributed by atoms with E-state index in [0.29, 0.717) is 0 Å². The van der Waals surface area contributed by atoms with Crippen LogP contribution in [0, 0.1) is 5.41 Å². The zero-order valence-electron chi connectivity index (χ0n) is 9.80. The summed E-state index contributed by atoms with van der Waals surface area (Å²) >= 11 is 0. The van der Waals surface area contributed by atoms with Crippen molar-refractivity contribution in [3.63, 3.8) is 0 Å². The molecule has 0 aliphatic carbocycles. The largest absolute Gasteiger partial charge is 0.409 e. The molecule has 0 saturated carbocycles. The van der Waals surface area contributed by atoms with Crippen molar-refractivity contribution >= 4 is 21.8 Å². The van der Waals surface area contributed by atoms with Crippen molar-refractivity contribution in [2.75, 3.05) is 12.3 Å². The van der Waals surface area contributed by atoms with Gasteiger partial charge in [-0.3, -0.25) is 4.79 Å². The third-order valence-corrected chi connectivity index (χ3v) is 3.06. The van der Waals surface area contributed by atoms with E-state index in [1.54, 1.807) is 0 Å². The van der Waals surface area contributed by atoms with Gasteiger partial charge in [0.25, 0.3) is 0 Å². The molecule has 0 spiro atoms. The van der Waals surface area contributed by atoms with E-state index in [9.17, 15) is 13.2 Å². The molecule has 0 fully saturated rings. The summed E-state index contributed by atoms with van der Waals surface area (Å²) in [5, 5.41) is 18.5. The van der Waals surface area contributed by atoms with Gasteiger partial charge in [0.2, 0.25) is 15.9 Å². The molecule has 0 bridgehead atoms. The lowest BCUT2D eigenvalue weighted by molar-refractivity contribution is -0.126. The molecule has 0 unspecified atom stereocenters. The Morgan fingerprint density at radius 2 is 2.00 bits per heavy atom. The SMILES string of the molecule is CC(C)(C(=O)NCCCS(N)(=O)=O)/C(N)=N/O.